The van der Waals surface area contributed by atoms with Gasteiger partial charge in [-0.05, 0) is 25.0 Å². The fraction of sp³-hybridized carbons (Fsp3) is 0.538. The van der Waals surface area contributed by atoms with E-state index in [-0.39, 0.29) is 0 Å². The number of ether oxygens (including phenoxy) is 1. The maximum atomic E-state index is 5.68. The zero-order valence-corrected chi connectivity index (χ0v) is 8.93. The van der Waals surface area contributed by atoms with Gasteiger partial charge >= 0.3 is 0 Å². The summed E-state index contributed by atoms with van der Waals surface area (Å²) in [5.74, 6) is 0.763. The number of benzene rings is 1. The maximum Gasteiger partial charge on any atom is 0.119 e. The highest BCUT2D eigenvalue weighted by Gasteiger charge is 2.35. The number of rotatable bonds is 1. The highest BCUT2D eigenvalue weighted by molar-refractivity contribution is 5.47. The van der Waals surface area contributed by atoms with Crippen molar-refractivity contribution in [2.45, 2.75) is 25.3 Å². The number of fused-ring (bicyclic) bond motifs is 1. The van der Waals surface area contributed by atoms with E-state index in [2.05, 4.69) is 35.2 Å². The van der Waals surface area contributed by atoms with E-state index in [1.54, 1.807) is 0 Å². The standard InChI is InChI=1S/C13H17NO/c1-2-6-12(7-3-1)14-10-15-9-11-5-4-8-13(11)14/h1-3,6-7,11,13H,4-5,8-10H2/t11-,13+/m0/s1. The van der Waals surface area contributed by atoms with Crippen LogP contribution >= 0.6 is 0 Å². The zero-order valence-electron chi connectivity index (χ0n) is 8.93. The first-order chi connectivity index (χ1) is 7.45. The van der Waals surface area contributed by atoms with E-state index in [1.807, 2.05) is 0 Å². The summed E-state index contributed by atoms with van der Waals surface area (Å²) >= 11 is 0. The summed E-state index contributed by atoms with van der Waals surface area (Å²) < 4.78 is 5.68. The number of hydrogen-bond acceptors (Lipinski definition) is 2. The predicted octanol–water partition coefficient (Wildman–Crippen LogP) is 2.65. The van der Waals surface area contributed by atoms with Crippen LogP contribution in [0, 0.1) is 5.92 Å². The SMILES string of the molecule is c1ccc(N2COC[C@@H]3CCC[C@H]32)cc1. The third kappa shape index (κ3) is 1.63. The van der Waals surface area contributed by atoms with Crippen molar-refractivity contribution in [2.75, 3.05) is 18.2 Å². The van der Waals surface area contributed by atoms with E-state index in [0.717, 1.165) is 25.3 Å². The Hall–Kier alpha value is -1.02. The fourth-order valence-electron chi connectivity index (χ4n) is 2.91. The van der Waals surface area contributed by atoms with Crippen LogP contribution in [0.1, 0.15) is 19.3 Å². The molecule has 1 aliphatic carbocycles. The summed E-state index contributed by atoms with van der Waals surface area (Å²) in [7, 11) is 0. The van der Waals surface area contributed by atoms with Crippen molar-refractivity contribution in [1.82, 2.24) is 0 Å². The van der Waals surface area contributed by atoms with Crippen molar-refractivity contribution in [3.05, 3.63) is 30.3 Å². The quantitative estimate of drug-likeness (QED) is 0.695. The smallest absolute Gasteiger partial charge is 0.119 e. The molecule has 0 amide bonds. The molecule has 1 aromatic rings. The second-order valence-electron chi connectivity index (χ2n) is 4.56. The van der Waals surface area contributed by atoms with Gasteiger partial charge in [-0.25, -0.2) is 0 Å². The van der Waals surface area contributed by atoms with E-state index in [0.29, 0.717) is 0 Å². The lowest BCUT2D eigenvalue weighted by Gasteiger charge is -2.39. The van der Waals surface area contributed by atoms with Crippen LogP contribution in [-0.2, 0) is 4.74 Å². The van der Waals surface area contributed by atoms with Crippen molar-refractivity contribution >= 4 is 5.69 Å². The van der Waals surface area contributed by atoms with Gasteiger partial charge < -0.3 is 9.64 Å². The Balaban J connectivity index is 1.85. The van der Waals surface area contributed by atoms with Gasteiger partial charge in [-0.2, -0.15) is 0 Å². The van der Waals surface area contributed by atoms with Crippen LogP contribution in [0.4, 0.5) is 5.69 Å². The van der Waals surface area contributed by atoms with E-state index in [1.165, 1.54) is 24.9 Å². The average Bonchev–Trinajstić information content (AvgIpc) is 2.78. The third-order valence-electron chi connectivity index (χ3n) is 3.67. The molecule has 1 aromatic carbocycles. The maximum absolute atomic E-state index is 5.68. The molecule has 0 aromatic heterocycles. The molecular formula is C13H17NO. The first-order valence-corrected chi connectivity index (χ1v) is 5.84. The Morgan fingerprint density at radius 1 is 1.13 bits per heavy atom. The van der Waals surface area contributed by atoms with Gasteiger partial charge in [0.25, 0.3) is 0 Å². The molecule has 2 nitrogen and oxygen atoms in total. The van der Waals surface area contributed by atoms with Gasteiger partial charge in [0, 0.05) is 17.6 Å². The topological polar surface area (TPSA) is 12.5 Å². The van der Waals surface area contributed by atoms with Gasteiger partial charge in [-0.3, -0.25) is 0 Å². The van der Waals surface area contributed by atoms with Crippen LogP contribution in [0.3, 0.4) is 0 Å². The molecule has 1 heterocycles. The summed E-state index contributed by atoms with van der Waals surface area (Å²) in [5.41, 5.74) is 1.31. The summed E-state index contributed by atoms with van der Waals surface area (Å²) in [6.45, 7) is 1.74. The summed E-state index contributed by atoms with van der Waals surface area (Å²) in [6, 6.07) is 11.4. The first-order valence-electron chi connectivity index (χ1n) is 5.84. The lowest BCUT2D eigenvalue weighted by molar-refractivity contribution is 0.0534. The molecule has 0 spiro atoms. The van der Waals surface area contributed by atoms with Crippen molar-refractivity contribution in [2.24, 2.45) is 5.92 Å². The Morgan fingerprint density at radius 3 is 2.87 bits per heavy atom. The molecule has 2 fully saturated rings. The van der Waals surface area contributed by atoms with Gasteiger partial charge in [-0.1, -0.05) is 24.6 Å². The first kappa shape index (κ1) is 9.22. The molecule has 15 heavy (non-hydrogen) atoms. The average molecular weight is 203 g/mol. The largest absolute Gasteiger partial charge is 0.361 e. The van der Waals surface area contributed by atoms with Crippen molar-refractivity contribution in [3.63, 3.8) is 0 Å². The Kier molecular flexibility index (Phi) is 2.37. The summed E-state index contributed by atoms with van der Waals surface area (Å²) in [6.07, 6.45) is 4.04. The van der Waals surface area contributed by atoms with Crippen LogP contribution in [-0.4, -0.2) is 19.4 Å². The van der Waals surface area contributed by atoms with Gasteiger partial charge in [0.1, 0.15) is 6.73 Å². The highest BCUT2D eigenvalue weighted by Crippen LogP contribution is 2.35. The molecular weight excluding hydrogens is 186 g/mol. The second-order valence-corrected chi connectivity index (χ2v) is 4.56. The fourth-order valence-corrected chi connectivity index (χ4v) is 2.91. The normalized spacial score (nSPS) is 30.3. The van der Waals surface area contributed by atoms with E-state index in [9.17, 15) is 0 Å². The third-order valence-corrected chi connectivity index (χ3v) is 3.67. The van der Waals surface area contributed by atoms with Crippen LogP contribution in [0.5, 0.6) is 0 Å². The monoisotopic (exact) mass is 203 g/mol. The van der Waals surface area contributed by atoms with Crippen molar-refractivity contribution in [3.8, 4) is 0 Å². The van der Waals surface area contributed by atoms with Gasteiger partial charge in [0.15, 0.2) is 0 Å². The molecule has 3 rings (SSSR count). The predicted molar refractivity (Wildman–Crippen MR) is 60.9 cm³/mol. The van der Waals surface area contributed by atoms with Crippen LogP contribution in [0.15, 0.2) is 30.3 Å². The van der Waals surface area contributed by atoms with E-state index in [4.69, 9.17) is 4.74 Å². The molecule has 0 unspecified atom stereocenters. The van der Waals surface area contributed by atoms with Gasteiger partial charge in [0.05, 0.1) is 6.61 Å². The number of hydrogen-bond donors (Lipinski definition) is 0. The van der Waals surface area contributed by atoms with Crippen LogP contribution in [0.2, 0.25) is 0 Å². The second kappa shape index (κ2) is 3.86. The van der Waals surface area contributed by atoms with Gasteiger partial charge in [0.2, 0.25) is 0 Å². The molecule has 2 aliphatic rings. The Morgan fingerprint density at radius 2 is 2.00 bits per heavy atom. The van der Waals surface area contributed by atoms with Crippen LogP contribution in [0.25, 0.3) is 0 Å². The lowest BCUT2D eigenvalue weighted by Crippen LogP contribution is -2.45. The van der Waals surface area contributed by atoms with Crippen molar-refractivity contribution in [1.29, 1.82) is 0 Å². The lowest BCUT2D eigenvalue weighted by atomic mass is 10.0. The van der Waals surface area contributed by atoms with Gasteiger partial charge in [-0.15, -0.1) is 0 Å². The zero-order chi connectivity index (χ0) is 10.1. The Labute approximate surface area is 90.8 Å². The molecule has 1 saturated heterocycles. The minimum atomic E-state index is 0.723. The van der Waals surface area contributed by atoms with E-state index < -0.39 is 0 Å². The molecule has 0 radical (unpaired) electrons. The molecule has 80 valence electrons. The minimum Gasteiger partial charge on any atom is -0.361 e. The number of anilines is 1. The molecule has 0 bridgehead atoms. The minimum absolute atomic E-state index is 0.723. The molecule has 2 atom stereocenters. The molecule has 0 N–H and O–H groups in total. The molecule has 1 aliphatic heterocycles. The van der Waals surface area contributed by atoms with Crippen molar-refractivity contribution < 1.29 is 4.74 Å². The molecule has 1 saturated carbocycles. The van der Waals surface area contributed by atoms with E-state index >= 15 is 0 Å². The van der Waals surface area contributed by atoms with Crippen LogP contribution < -0.4 is 4.90 Å². The molecule has 2 heteroatoms. The summed E-state index contributed by atoms with van der Waals surface area (Å²) in [5, 5.41) is 0. The Bertz CT molecular complexity index is 325. The number of nitrogens with zero attached hydrogens (tertiary/aromatic N) is 1. The highest BCUT2D eigenvalue weighted by atomic mass is 16.5. The summed E-state index contributed by atoms with van der Waals surface area (Å²) in [4.78, 5) is 2.43. The number of para-hydroxylation sites is 1.